The van der Waals surface area contributed by atoms with Crippen molar-refractivity contribution in [2.24, 2.45) is 0 Å². The Morgan fingerprint density at radius 2 is 2.35 bits per heavy atom. The number of rotatable bonds is 4. The summed E-state index contributed by atoms with van der Waals surface area (Å²) >= 11 is 0. The fourth-order valence-electron chi connectivity index (χ4n) is 3.38. The Kier molecular flexibility index (Phi) is 4.02. The van der Waals surface area contributed by atoms with Crippen LogP contribution in [-0.4, -0.2) is 27.8 Å². The molecule has 124 valence electrons. The van der Waals surface area contributed by atoms with Crippen LogP contribution in [0.4, 0.5) is 0 Å². The van der Waals surface area contributed by atoms with Gasteiger partial charge in [0.1, 0.15) is 17.1 Å². The molecule has 0 fully saturated rings. The molecule has 3 rings (SSSR count). The van der Waals surface area contributed by atoms with E-state index in [0.29, 0.717) is 11.3 Å². The molecule has 2 atom stereocenters. The van der Waals surface area contributed by atoms with Crippen LogP contribution >= 0.6 is 0 Å². The van der Waals surface area contributed by atoms with Gasteiger partial charge in [0.15, 0.2) is 0 Å². The molecule has 0 saturated carbocycles. The molecule has 23 heavy (non-hydrogen) atoms. The van der Waals surface area contributed by atoms with Crippen molar-refractivity contribution < 1.29 is 14.3 Å². The number of aryl methyl sites for hydroxylation is 3. The van der Waals surface area contributed by atoms with Crippen molar-refractivity contribution >= 4 is 5.91 Å². The van der Waals surface area contributed by atoms with Crippen LogP contribution in [0.15, 0.2) is 16.7 Å². The minimum Gasteiger partial charge on any atom is -0.466 e. The van der Waals surface area contributed by atoms with Crippen LogP contribution in [0.1, 0.15) is 54.0 Å². The van der Waals surface area contributed by atoms with Crippen LogP contribution in [0.5, 0.6) is 0 Å². The van der Waals surface area contributed by atoms with Gasteiger partial charge in [-0.3, -0.25) is 9.89 Å². The van der Waals surface area contributed by atoms with Gasteiger partial charge in [-0.1, -0.05) is 0 Å². The second-order valence-corrected chi connectivity index (χ2v) is 6.57. The number of nitrogens with zero attached hydrogens (tertiary/aromatic N) is 1. The first-order valence-corrected chi connectivity index (χ1v) is 7.98. The van der Waals surface area contributed by atoms with E-state index in [1.807, 2.05) is 19.9 Å². The number of amides is 1. The number of H-pyrrole nitrogens is 1. The van der Waals surface area contributed by atoms with Crippen LogP contribution in [0.2, 0.25) is 0 Å². The standard InChI is InChI=1S/C17H23N3O3/c1-10-7-14(11(2)23-10)17(3,22)9-18-16(21)12-5-4-6-15-13(12)8-19-20-15/h7-8,12,22H,4-6,9H2,1-3H3,(H,18,21)(H,19,20). The van der Waals surface area contributed by atoms with Gasteiger partial charge in [0.2, 0.25) is 5.91 Å². The van der Waals surface area contributed by atoms with E-state index in [9.17, 15) is 9.90 Å². The number of fused-ring (bicyclic) bond motifs is 1. The molecule has 0 bridgehead atoms. The van der Waals surface area contributed by atoms with Crippen molar-refractivity contribution in [1.29, 1.82) is 0 Å². The number of hydrogen-bond acceptors (Lipinski definition) is 4. The monoisotopic (exact) mass is 317 g/mol. The van der Waals surface area contributed by atoms with E-state index in [4.69, 9.17) is 4.42 Å². The molecular formula is C17H23N3O3. The van der Waals surface area contributed by atoms with Gasteiger partial charge in [-0.15, -0.1) is 0 Å². The SMILES string of the molecule is Cc1cc(C(C)(O)CNC(=O)C2CCCc3[nH]ncc32)c(C)o1. The van der Waals surface area contributed by atoms with Crippen LogP contribution in [0, 0.1) is 13.8 Å². The maximum Gasteiger partial charge on any atom is 0.227 e. The second-order valence-electron chi connectivity index (χ2n) is 6.57. The molecule has 6 nitrogen and oxygen atoms in total. The highest BCUT2D eigenvalue weighted by atomic mass is 16.3. The Morgan fingerprint density at radius 1 is 1.57 bits per heavy atom. The van der Waals surface area contributed by atoms with Gasteiger partial charge < -0.3 is 14.8 Å². The maximum absolute atomic E-state index is 12.5. The summed E-state index contributed by atoms with van der Waals surface area (Å²) in [5, 5.41) is 20.6. The molecule has 0 saturated heterocycles. The highest BCUT2D eigenvalue weighted by Crippen LogP contribution is 2.31. The maximum atomic E-state index is 12.5. The summed E-state index contributed by atoms with van der Waals surface area (Å²) in [7, 11) is 0. The largest absolute Gasteiger partial charge is 0.466 e. The average molecular weight is 317 g/mol. The zero-order valence-corrected chi connectivity index (χ0v) is 13.8. The molecule has 2 unspecified atom stereocenters. The first kappa shape index (κ1) is 15.8. The van der Waals surface area contributed by atoms with Crippen molar-refractivity contribution in [3.05, 3.63) is 40.6 Å². The molecule has 1 amide bonds. The lowest BCUT2D eigenvalue weighted by Crippen LogP contribution is -2.41. The normalized spacial score (nSPS) is 19.9. The van der Waals surface area contributed by atoms with Crippen molar-refractivity contribution in [2.75, 3.05) is 6.54 Å². The number of hydrogen-bond donors (Lipinski definition) is 3. The topological polar surface area (TPSA) is 91.2 Å². The van der Waals surface area contributed by atoms with Gasteiger partial charge in [0.05, 0.1) is 18.7 Å². The first-order valence-electron chi connectivity index (χ1n) is 7.98. The molecule has 0 aliphatic heterocycles. The molecule has 0 aromatic carbocycles. The number of carbonyl (C=O) groups excluding carboxylic acids is 1. The Labute approximate surface area is 135 Å². The smallest absolute Gasteiger partial charge is 0.227 e. The number of aromatic nitrogens is 2. The fourth-order valence-corrected chi connectivity index (χ4v) is 3.38. The minimum absolute atomic E-state index is 0.0644. The van der Waals surface area contributed by atoms with Crippen LogP contribution in [0.3, 0.4) is 0 Å². The lowest BCUT2D eigenvalue weighted by Gasteiger charge is -2.26. The van der Waals surface area contributed by atoms with Crippen molar-refractivity contribution in [3.63, 3.8) is 0 Å². The van der Waals surface area contributed by atoms with Gasteiger partial charge in [0, 0.05) is 16.8 Å². The van der Waals surface area contributed by atoms with E-state index in [-0.39, 0.29) is 18.4 Å². The number of nitrogens with one attached hydrogen (secondary N) is 2. The van der Waals surface area contributed by atoms with Crippen molar-refractivity contribution in [1.82, 2.24) is 15.5 Å². The van der Waals surface area contributed by atoms with Gasteiger partial charge in [-0.05, 0) is 46.1 Å². The van der Waals surface area contributed by atoms with Crippen LogP contribution in [0.25, 0.3) is 0 Å². The second kappa shape index (κ2) is 5.85. The molecule has 0 radical (unpaired) electrons. The van der Waals surface area contributed by atoms with Crippen molar-refractivity contribution in [3.8, 4) is 0 Å². The van der Waals surface area contributed by atoms with Gasteiger partial charge >= 0.3 is 0 Å². The Balaban J connectivity index is 1.69. The van der Waals surface area contributed by atoms with Crippen LogP contribution in [-0.2, 0) is 16.8 Å². The summed E-state index contributed by atoms with van der Waals surface area (Å²) in [5.41, 5.74) is 1.57. The zero-order chi connectivity index (χ0) is 16.6. The van der Waals surface area contributed by atoms with E-state index >= 15 is 0 Å². The molecular weight excluding hydrogens is 294 g/mol. The highest BCUT2D eigenvalue weighted by Gasteiger charge is 2.32. The van der Waals surface area contributed by atoms with E-state index in [2.05, 4.69) is 15.5 Å². The summed E-state index contributed by atoms with van der Waals surface area (Å²) in [5.74, 6) is 1.17. The minimum atomic E-state index is -1.16. The van der Waals surface area contributed by atoms with Gasteiger partial charge in [-0.25, -0.2) is 0 Å². The molecule has 2 heterocycles. The highest BCUT2D eigenvalue weighted by molar-refractivity contribution is 5.84. The third-order valence-corrected chi connectivity index (χ3v) is 4.59. The van der Waals surface area contributed by atoms with E-state index in [1.165, 1.54) is 0 Å². The average Bonchev–Trinajstić information content (AvgIpc) is 3.10. The predicted octanol–water partition coefficient (Wildman–Crippen LogP) is 2.06. The Morgan fingerprint density at radius 3 is 3.04 bits per heavy atom. The van der Waals surface area contributed by atoms with E-state index in [1.54, 1.807) is 13.1 Å². The number of aliphatic hydroxyl groups is 1. The third-order valence-electron chi connectivity index (χ3n) is 4.59. The lowest BCUT2D eigenvalue weighted by molar-refractivity contribution is -0.124. The predicted molar refractivity (Wildman–Crippen MR) is 85.0 cm³/mol. The number of carbonyl (C=O) groups is 1. The Hall–Kier alpha value is -2.08. The summed E-state index contributed by atoms with van der Waals surface area (Å²) in [6.07, 6.45) is 4.44. The number of furan rings is 1. The summed E-state index contributed by atoms with van der Waals surface area (Å²) < 4.78 is 5.47. The van der Waals surface area contributed by atoms with E-state index in [0.717, 1.165) is 36.3 Å². The van der Waals surface area contributed by atoms with Gasteiger partial charge in [0.25, 0.3) is 0 Å². The molecule has 1 aliphatic carbocycles. The molecule has 3 N–H and O–H groups in total. The summed E-state index contributed by atoms with van der Waals surface area (Å²) in [6.45, 7) is 5.50. The van der Waals surface area contributed by atoms with Crippen molar-refractivity contribution in [2.45, 2.75) is 51.6 Å². The van der Waals surface area contributed by atoms with Crippen LogP contribution < -0.4 is 5.32 Å². The molecule has 0 spiro atoms. The summed E-state index contributed by atoms with van der Waals surface area (Å²) in [6, 6.07) is 1.82. The Bertz CT molecular complexity index is 714. The molecule has 2 aromatic rings. The zero-order valence-electron chi connectivity index (χ0n) is 13.8. The van der Waals surface area contributed by atoms with E-state index < -0.39 is 5.60 Å². The first-order chi connectivity index (χ1) is 10.9. The van der Waals surface area contributed by atoms with Gasteiger partial charge in [-0.2, -0.15) is 5.10 Å². The molecule has 1 aliphatic rings. The molecule has 2 aromatic heterocycles. The number of aromatic amines is 1. The molecule has 6 heteroatoms. The third kappa shape index (κ3) is 3.03. The fraction of sp³-hybridized carbons (Fsp3) is 0.529. The quantitative estimate of drug-likeness (QED) is 0.805. The summed E-state index contributed by atoms with van der Waals surface area (Å²) in [4.78, 5) is 12.5. The lowest BCUT2D eigenvalue weighted by atomic mass is 9.86.